The summed E-state index contributed by atoms with van der Waals surface area (Å²) in [5.41, 5.74) is 19.2. The fourth-order valence-electron chi connectivity index (χ4n) is 6.00. The van der Waals surface area contributed by atoms with Crippen LogP contribution in [0, 0.1) is 5.92 Å². The van der Waals surface area contributed by atoms with Gasteiger partial charge in [-0.25, -0.2) is 19.5 Å². The molecule has 0 saturated carbocycles. The maximum absolute atomic E-state index is 12.9. The number of phosphoric acid groups is 1. The number of carbonyl (C=O) groups is 4. The minimum Gasteiger partial charge on any atom is -0.387 e. The van der Waals surface area contributed by atoms with Crippen LogP contribution < -0.4 is 38.5 Å². The molecule has 320 valence electrons. The number of benzene rings is 1. The van der Waals surface area contributed by atoms with Crippen molar-refractivity contribution in [3.8, 4) is 0 Å². The number of aliphatic hydroxyl groups is 2. The second-order valence-corrected chi connectivity index (χ2v) is 15.7. The molecule has 0 radical (unpaired) electrons. The average molecular weight is 836 g/mol. The van der Waals surface area contributed by atoms with Crippen LogP contribution in [-0.4, -0.2) is 128 Å². The summed E-state index contributed by atoms with van der Waals surface area (Å²) in [6, 6.07) is 6.75. The number of unbranched alkanes of at least 4 members (excludes halogenated alkanes) is 1. The lowest BCUT2D eigenvalue weighted by Gasteiger charge is -2.24. The summed E-state index contributed by atoms with van der Waals surface area (Å²) in [4.78, 5) is 71.8. The molecule has 23 heteroatoms. The number of aromatic nitrogens is 4. The quantitative estimate of drug-likeness (QED) is 0.0369. The molecule has 8 atom stereocenters. The summed E-state index contributed by atoms with van der Waals surface area (Å²) in [6.07, 6.45) is -0.958. The lowest BCUT2D eigenvalue weighted by atomic mass is 10.0. The Morgan fingerprint density at radius 1 is 0.931 bits per heavy atom. The Hall–Kier alpha value is -4.64. The molecule has 22 nitrogen and oxygen atoms in total. The molecular weight excluding hydrogens is 781 g/mol. The molecule has 1 fully saturated rings. The Labute approximate surface area is 334 Å². The highest BCUT2D eigenvalue weighted by Crippen LogP contribution is 2.44. The van der Waals surface area contributed by atoms with Gasteiger partial charge in [0.1, 0.15) is 30.2 Å². The number of amides is 4. The molecule has 0 spiro atoms. The lowest BCUT2D eigenvalue weighted by Crippen LogP contribution is -2.47. The van der Waals surface area contributed by atoms with Gasteiger partial charge in [-0.05, 0) is 43.6 Å². The number of anilines is 1. The summed E-state index contributed by atoms with van der Waals surface area (Å²) in [7, 11) is -4.74. The van der Waals surface area contributed by atoms with Gasteiger partial charge >= 0.3 is 7.82 Å². The van der Waals surface area contributed by atoms with Crippen molar-refractivity contribution in [2.75, 3.05) is 38.6 Å². The number of nitrogen functional groups attached to an aromatic ring is 1. The zero-order chi connectivity index (χ0) is 42.4. The average Bonchev–Trinajstić information content (AvgIpc) is 3.74. The number of rotatable bonds is 23. The number of fused-ring (bicyclic) bond motifs is 1. The first-order valence-electron chi connectivity index (χ1n) is 18.8. The predicted molar refractivity (Wildman–Crippen MR) is 208 cm³/mol. The zero-order valence-electron chi connectivity index (χ0n) is 32.3. The standard InChI is InChI=1S/C35H54N11O11P/c1-20(2)12-22(16-55-58(53,54)56-17-25-29(49)30(50)35(57-25)46-19-44-28-31(38)42-18-43-32(28)46)45-34(52)23(36)10-6-7-11-39-26(47)14-40-27(48)15-41-33(51)24(37)13-21-8-4-3-5-9-21/h3-5,8-9,18-20,22-25,29-30,35,49-50H,6-7,10-17,36-37H2,1-2H3,(H,39,47)(H,40,48)(H,41,51)(H,45,52)(H,53,54)(H2,38,42,43)/t22-,23-,24-,25+,29+,30+,35+/m0/s1. The van der Waals surface area contributed by atoms with Crippen molar-refractivity contribution in [1.82, 2.24) is 40.8 Å². The molecule has 3 heterocycles. The van der Waals surface area contributed by atoms with Crippen molar-refractivity contribution >= 4 is 48.4 Å². The fourth-order valence-corrected chi connectivity index (χ4v) is 6.78. The Morgan fingerprint density at radius 2 is 1.64 bits per heavy atom. The van der Waals surface area contributed by atoms with Gasteiger partial charge in [0.15, 0.2) is 17.7 Å². The van der Waals surface area contributed by atoms with Crippen LogP contribution in [0.25, 0.3) is 11.2 Å². The third-order valence-electron chi connectivity index (χ3n) is 9.05. The molecule has 0 aliphatic carbocycles. The highest BCUT2D eigenvalue weighted by Gasteiger charge is 2.45. The van der Waals surface area contributed by atoms with E-state index in [1.807, 2.05) is 44.2 Å². The first-order valence-corrected chi connectivity index (χ1v) is 20.3. The number of aliphatic hydroxyl groups excluding tert-OH is 2. The van der Waals surface area contributed by atoms with Gasteiger partial charge in [0.25, 0.3) is 0 Å². The molecule has 58 heavy (non-hydrogen) atoms. The van der Waals surface area contributed by atoms with E-state index in [1.165, 1.54) is 17.2 Å². The molecule has 3 aromatic rings. The SMILES string of the molecule is CC(C)C[C@@H](COP(=O)(O)OC[C@H]1O[C@@H](n2cnc3c(N)ncnc32)[C@H](O)[C@@H]1O)NC(=O)[C@@H](N)CCCCNC(=O)CNC(=O)CNC(=O)[C@@H](N)Cc1ccccc1. The van der Waals surface area contributed by atoms with Crippen LogP contribution in [0.5, 0.6) is 0 Å². The van der Waals surface area contributed by atoms with E-state index in [2.05, 4.69) is 36.2 Å². The number of ether oxygens (including phenoxy) is 1. The molecule has 4 amide bonds. The van der Waals surface area contributed by atoms with Gasteiger partial charge in [0.05, 0.1) is 50.8 Å². The summed E-state index contributed by atoms with van der Waals surface area (Å²) in [5.74, 6) is -1.84. The van der Waals surface area contributed by atoms with Crippen molar-refractivity contribution < 1.29 is 52.6 Å². The number of nitrogens with two attached hydrogens (primary N) is 3. The van der Waals surface area contributed by atoms with E-state index in [4.69, 9.17) is 31.0 Å². The van der Waals surface area contributed by atoms with Crippen molar-refractivity contribution in [1.29, 1.82) is 0 Å². The summed E-state index contributed by atoms with van der Waals surface area (Å²) < 4.78 is 30.2. The van der Waals surface area contributed by atoms with Crippen LogP contribution in [0.1, 0.15) is 51.3 Å². The molecule has 1 aliphatic heterocycles. The third kappa shape index (κ3) is 14.0. The summed E-state index contributed by atoms with van der Waals surface area (Å²) >= 11 is 0. The topological polar surface area (TPSA) is 344 Å². The van der Waals surface area contributed by atoms with Crippen LogP contribution in [-0.2, 0) is 43.9 Å². The first kappa shape index (κ1) is 46.1. The molecule has 0 bridgehead atoms. The minimum atomic E-state index is -4.74. The Bertz CT molecular complexity index is 1870. The maximum atomic E-state index is 12.9. The third-order valence-corrected chi connectivity index (χ3v) is 10.00. The highest BCUT2D eigenvalue weighted by atomic mass is 31.2. The summed E-state index contributed by atoms with van der Waals surface area (Å²) in [5, 5.41) is 31.5. The van der Waals surface area contributed by atoms with Crippen LogP contribution in [0.15, 0.2) is 43.0 Å². The van der Waals surface area contributed by atoms with Gasteiger partial charge in [0.2, 0.25) is 23.6 Å². The highest BCUT2D eigenvalue weighted by molar-refractivity contribution is 7.47. The van der Waals surface area contributed by atoms with E-state index in [0.717, 1.165) is 5.56 Å². The van der Waals surface area contributed by atoms with Crippen LogP contribution >= 0.6 is 7.82 Å². The van der Waals surface area contributed by atoms with E-state index in [1.54, 1.807) is 0 Å². The number of nitrogens with zero attached hydrogens (tertiary/aromatic N) is 4. The molecule has 2 aromatic heterocycles. The van der Waals surface area contributed by atoms with E-state index in [0.29, 0.717) is 25.7 Å². The van der Waals surface area contributed by atoms with Crippen molar-refractivity contribution in [2.24, 2.45) is 17.4 Å². The van der Waals surface area contributed by atoms with E-state index >= 15 is 0 Å². The first-order chi connectivity index (χ1) is 27.5. The molecule has 1 aromatic carbocycles. The number of carbonyl (C=O) groups excluding carboxylic acids is 4. The van der Waals surface area contributed by atoms with E-state index < -0.39 is 87.3 Å². The van der Waals surface area contributed by atoms with Gasteiger partial charge in [-0.2, -0.15) is 0 Å². The summed E-state index contributed by atoms with van der Waals surface area (Å²) in [6.45, 7) is 2.38. The molecule has 1 aliphatic rings. The predicted octanol–water partition coefficient (Wildman–Crippen LogP) is -1.89. The van der Waals surface area contributed by atoms with Gasteiger partial charge in [-0.3, -0.25) is 32.8 Å². The molecule has 1 saturated heterocycles. The van der Waals surface area contributed by atoms with Crippen LogP contribution in [0.2, 0.25) is 0 Å². The van der Waals surface area contributed by atoms with E-state index in [-0.39, 0.29) is 49.0 Å². The van der Waals surface area contributed by atoms with Gasteiger partial charge in [-0.15, -0.1) is 0 Å². The monoisotopic (exact) mass is 835 g/mol. The number of imidazole rings is 1. The van der Waals surface area contributed by atoms with Gasteiger partial charge in [0, 0.05) is 6.54 Å². The Kier molecular flexibility index (Phi) is 17.4. The minimum absolute atomic E-state index is 0.0554. The van der Waals surface area contributed by atoms with Crippen molar-refractivity contribution in [3.63, 3.8) is 0 Å². The maximum Gasteiger partial charge on any atom is 0.472 e. The number of nitrogens with one attached hydrogen (secondary N) is 4. The second-order valence-electron chi connectivity index (χ2n) is 14.3. The smallest absolute Gasteiger partial charge is 0.387 e. The molecule has 1 unspecified atom stereocenters. The lowest BCUT2D eigenvalue weighted by molar-refractivity contribution is -0.128. The van der Waals surface area contributed by atoms with Crippen molar-refractivity contribution in [2.45, 2.75) is 88.6 Å². The number of phosphoric ester groups is 1. The molecular formula is C35H54N11O11P. The van der Waals surface area contributed by atoms with Gasteiger partial charge < -0.3 is 58.3 Å². The largest absolute Gasteiger partial charge is 0.472 e. The molecule has 13 N–H and O–H groups in total. The second kappa shape index (κ2) is 21.9. The van der Waals surface area contributed by atoms with Gasteiger partial charge in [-0.1, -0.05) is 44.2 Å². The Balaban J connectivity index is 1.10. The van der Waals surface area contributed by atoms with Crippen molar-refractivity contribution in [3.05, 3.63) is 48.5 Å². The normalized spacial score (nSPS) is 20.6. The molecule has 4 rings (SSSR count). The zero-order valence-corrected chi connectivity index (χ0v) is 33.2. The number of hydrogen-bond donors (Lipinski definition) is 10. The number of hydrogen-bond acceptors (Lipinski definition) is 16. The Morgan fingerprint density at radius 3 is 2.36 bits per heavy atom. The fraction of sp³-hybridized carbons (Fsp3) is 0.571. The van der Waals surface area contributed by atoms with Crippen LogP contribution in [0.3, 0.4) is 0 Å². The van der Waals surface area contributed by atoms with Crippen LogP contribution in [0.4, 0.5) is 5.82 Å². The van der Waals surface area contributed by atoms with E-state index in [9.17, 15) is 38.8 Å².